The van der Waals surface area contributed by atoms with Gasteiger partial charge in [-0.1, -0.05) is 17.7 Å². The highest BCUT2D eigenvalue weighted by molar-refractivity contribution is 7.13. The Morgan fingerprint density at radius 2 is 2.13 bits per heavy atom. The predicted octanol–water partition coefficient (Wildman–Crippen LogP) is 4.19. The molecule has 0 aliphatic heterocycles. The van der Waals surface area contributed by atoms with E-state index in [0.717, 1.165) is 16.7 Å². The molecule has 15 heavy (non-hydrogen) atoms. The summed E-state index contributed by atoms with van der Waals surface area (Å²) in [5, 5.41) is 2.66. The second kappa shape index (κ2) is 4.17. The van der Waals surface area contributed by atoms with Gasteiger partial charge in [-0.25, -0.2) is 0 Å². The lowest BCUT2D eigenvalue weighted by atomic mass is 10.1. The zero-order valence-electron chi connectivity index (χ0n) is 8.16. The van der Waals surface area contributed by atoms with Crippen LogP contribution in [0.2, 0.25) is 5.02 Å². The van der Waals surface area contributed by atoms with Crippen LogP contribution >= 0.6 is 22.9 Å². The van der Waals surface area contributed by atoms with Gasteiger partial charge in [-0.3, -0.25) is 4.79 Å². The van der Waals surface area contributed by atoms with Crippen LogP contribution < -0.4 is 0 Å². The standard InChI is InChI=1S/C12H9ClOS/c1-8-4-12(15-7-8)11-3-2-10(13)5-9(11)6-14/h2-7H,1H3. The molecule has 1 aromatic carbocycles. The average molecular weight is 237 g/mol. The number of rotatable bonds is 2. The van der Waals surface area contributed by atoms with E-state index in [1.807, 2.05) is 13.0 Å². The van der Waals surface area contributed by atoms with Crippen LogP contribution in [0, 0.1) is 6.92 Å². The normalized spacial score (nSPS) is 10.3. The summed E-state index contributed by atoms with van der Waals surface area (Å²) in [6, 6.07) is 7.45. The van der Waals surface area contributed by atoms with Gasteiger partial charge in [-0.15, -0.1) is 11.3 Å². The monoisotopic (exact) mass is 236 g/mol. The van der Waals surface area contributed by atoms with E-state index in [1.54, 1.807) is 23.5 Å². The van der Waals surface area contributed by atoms with Crippen molar-refractivity contribution in [3.63, 3.8) is 0 Å². The first-order chi connectivity index (χ1) is 7.20. The van der Waals surface area contributed by atoms with Crippen molar-refractivity contribution >= 4 is 29.2 Å². The molecule has 2 aromatic rings. The van der Waals surface area contributed by atoms with Crippen molar-refractivity contribution in [2.24, 2.45) is 0 Å². The first-order valence-corrected chi connectivity index (χ1v) is 5.76. The fraction of sp³-hybridized carbons (Fsp3) is 0.0833. The van der Waals surface area contributed by atoms with Gasteiger partial charge in [-0.2, -0.15) is 0 Å². The van der Waals surface area contributed by atoms with Crippen molar-refractivity contribution in [2.45, 2.75) is 6.92 Å². The van der Waals surface area contributed by atoms with Gasteiger partial charge >= 0.3 is 0 Å². The van der Waals surface area contributed by atoms with Crippen LogP contribution in [0.15, 0.2) is 29.6 Å². The molecule has 76 valence electrons. The molecular formula is C12H9ClOS. The molecule has 0 unspecified atom stereocenters. The lowest BCUT2D eigenvalue weighted by Gasteiger charge is -2.01. The van der Waals surface area contributed by atoms with E-state index < -0.39 is 0 Å². The van der Waals surface area contributed by atoms with E-state index in [-0.39, 0.29) is 0 Å². The van der Waals surface area contributed by atoms with Crippen molar-refractivity contribution in [2.75, 3.05) is 0 Å². The van der Waals surface area contributed by atoms with E-state index in [1.165, 1.54) is 5.56 Å². The topological polar surface area (TPSA) is 17.1 Å². The molecule has 0 bridgehead atoms. The summed E-state index contributed by atoms with van der Waals surface area (Å²) in [6.45, 7) is 2.04. The van der Waals surface area contributed by atoms with Crippen LogP contribution in [0.25, 0.3) is 10.4 Å². The van der Waals surface area contributed by atoms with Crippen LogP contribution in [0.4, 0.5) is 0 Å². The molecule has 0 radical (unpaired) electrons. The number of hydrogen-bond donors (Lipinski definition) is 0. The van der Waals surface area contributed by atoms with Gasteiger partial charge in [-0.05, 0) is 36.1 Å². The quantitative estimate of drug-likeness (QED) is 0.715. The van der Waals surface area contributed by atoms with E-state index >= 15 is 0 Å². The summed E-state index contributed by atoms with van der Waals surface area (Å²) in [6.07, 6.45) is 0.844. The Balaban J connectivity index is 2.57. The maximum atomic E-state index is 10.9. The zero-order chi connectivity index (χ0) is 10.8. The Hall–Kier alpha value is -1.12. The minimum absolute atomic E-state index is 0.592. The number of carbonyl (C=O) groups is 1. The fourth-order valence-corrected chi connectivity index (χ4v) is 2.56. The van der Waals surface area contributed by atoms with Gasteiger partial charge in [0.05, 0.1) is 0 Å². The maximum absolute atomic E-state index is 10.9. The highest BCUT2D eigenvalue weighted by Gasteiger charge is 2.06. The SMILES string of the molecule is Cc1csc(-c2ccc(Cl)cc2C=O)c1. The first-order valence-electron chi connectivity index (χ1n) is 4.51. The van der Waals surface area contributed by atoms with E-state index in [2.05, 4.69) is 11.4 Å². The Morgan fingerprint density at radius 1 is 1.33 bits per heavy atom. The summed E-state index contributed by atoms with van der Waals surface area (Å²) in [5.41, 5.74) is 2.80. The molecule has 3 heteroatoms. The smallest absolute Gasteiger partial charge is 0.150 e. The lowest BCUT2D eigenvalue weighted by Crippen LogP contribution is -1.84. The summed E-state index contributed by atoms with van der Waals surface area (Å²) >= 11 is 7.47. The van der Waals surface area contributed by atoms with Crippen molar-refractivity contribution in [1.29, 1.82) is 0 Å². The van der Waals surface area contributed by atoms with Crippen LogP contribution in [-0.2, 0) is 0 Å². The molecule has 0 saturated heterocycles. The van der Waals surface area contributed by atoms with Gasteiger partial charge in [0, 0.05) is 21.0 Å². The van der Waals surface area contributed by atoms with Gasteiger partial charge in [0.25, 0.3) is 0 Å². The number of halogens is 1. The third-order valence-corrected chi connectivity index (χ3v) is 3.45. The number of hydrogen-bond acceptors (Lipinski definition) is 2. The number of aryl methyl sites for hydroxylation is 1. The second-order valence-corrected chi connectivity index (χ2v) is 4.69. The molecule has 0 N–H and O–H groups in total. The number of carbonyl (C=O) groups excluding carboxylic acids is 1. The van der Waals surface area contributed by atoms with E-state index in [0.29, 0.717) is 10.6 Å². The Morgan fingerprint density at radius 3 is 2.73 bits per heavy atom. The average Bonchev–Trinajstić information content (AvgIpc) is 2.64. The van der Waals surface area contributed by atoms with Gasteiger partial charge in [0.15, 0.2) is 6.29 Å². The molecule has 2 rings (SSSR count). The summed E-state index contributed by atoms with van der Waals surface area (Å²) < 4.78 is 0. The molecule has 0 saturated carbocycles. The van der Waals surface area contributed by atoms with Crippen molar-refractivity contribution in [3.8, 4) is 10.4 Å². The Bertz CT molecular complexity index is 502. The summed E-state index contributed by atoms with van der Waals surface area (Å²) in [5.74, 6) is 0. The molecule has 0 aliphatic rings. The second-order valence-electron chi connectivity index (χ2n) is 3.34. The minimum atomic E-state index is 0.592. The van der Waals surface area contributed by atoms with E-state index in [4.69, 9.17) is 11.6 Å². The molecule has 1 nitrogen and oxygen atoms in total. The number of thiophene rings is 1. The zero-order valence-corrected chi connectivity index (χ0v) is 9.73. The highest BCUT2D eigenvalue weighted by atomic mass is 35.5. The highest BCUT2D eigenvalue weighted by Crippen LogP contribution is 2.30. The van der Waals surface area contributed by atoms with Crippen molar-refractivity contribution in [3.05, 3.63) is 45.8 Å². The van der Waals surface area contributed by atoms with Crippen LogP contribution in [0.3, 0.4) is 0 Å². The molecule has 1 heterocycles. The molecule has 0 spiro atoms. The number of aldehydes is 1. The van der Waals surface area contributed by atoms with Crippen LogP contribution in [0.5, 0.6) is 0 Å². The van der Waals surface area contributed by atoms with Crippen molar-refractivity contribution < 1.29 is 4.79 Å². The maximum Gasteiger partial charge on any atom is 0.150 e. The Labute approximate surface area is 97.3 Å². The summed E-state index contributed by atoms with van der Waals surface area (Å²) in [7, 11) is 0. The fourth-order valence-electron chi connectivity index (χ4n) is 1.43. The third kappa shape index (κ3) is 2.11. The molecule has 0 fully saturated rings. The number of benzene rings is 1. The third-order valence-electron chi connectivity index (χ3n) is 2.14. The lowest BCUT2D eigenvalue weighted by molar-refractivity contribution is 0.112. The molecule has 0 atom stereocenters. The largest absolute Gasteiger partial charge is 0.298 e. The first kappa shape index (κ1) is 10.4. The van der Waals surface area contributed by atoms with Crippen LogP contribution in [0.1, 0.15) is 15.9 Å². The Kier molecular flexibility index (Phi) is 2.89. The molecule has 0 amide bonds. The summed E-state index contributed by atoms with van der Waals surface area (Å²) in [4.78, 5) is 12.0. The van der Waals surface area contributed by atoms with Gasteiger partial charge < -0.3 is 0 Å². The predicted molar refractivity (Wildman–Crippen MR) is 64.9 cm³/mol. The molecular weight excluding hydrogens is 228 g/mol. The molecule has 0 aliphatic carbocycles. The van der Waals surface area contributed by atoms with E-state index in [9.17, 15) is 4.79 Å². The van der Waals surface area contributed by atoms with Gasteiger partial charge in [0.1, 0.15) is 0 Å². The molecule has 1 aromatic heterocycles. The minimum Gasteiger partial charge on any atom is -0.298 e. The van der Waals surface area contributed by atoms with Gasteiger partial charge in [0.2, 0.25) is 0 Å². The van der Waals surface area contributed by atoms with Crippen molar-refractivity contribution in [1.82, 2.24) is 0 Å². The van der Waals surface area contributed by atoms with Crippen LogP contribution in [-0.4, -0.2) is 6.29 Å².